The van der Waals surface area contributed by atoms with Crippen LogP contribution in [0.25, 0.3) is 5.57 Å². The van der Waals surface area contributed by atoms with Crippen LogP contribution < -0.4 is 0 Å². The second-order valence-electron chi connectivity index (χ2n) is 7.23. The standard InChI is InChI=1S/C24H28FN3O3/c1-3-27(16-12-18-10-13-26-14-11-18)22-21(19-6-8-20(25)9-7-19)23(29)28(24(22)30)15-5-17-31-4-2/h6-11,13-14H,3-5,12,15-17H2,1-2H3. The number of nitrogens with zero attached hydrogens (tertiary/aromatic N) is 3. The molecular weight excluding hydrogens is 397 g/mol. The second-order valence-corrected chi connectivity index (χ2v) is 7.23. The van der Waals surface area contributed by atoms with Crippen LogP contribution in [-0.2, 0) is 20.7 Å². The average Bonchev–Trinajstić information content (AvgIpc) is 3.03. The van der Waals surface area contributed by atoms with Crippen LogP contribution in [0, 0.1) is 5.82 Å². The van der Waals surface area contributed by atoms with Crippen LogP contribution in [0.4, 0.5) is 4.39 Å². The number of benzene rings is 1. The van der Waals surface area contributed by atoms with E-state index in [1.54, 1.807) is 24.5 Å². The van der Waals surface area contributed by atoms with Crippen LogP contribution in [-0.4, -0.2) is 59.4 Å². The Bertz CT molecular complexity index is 929. The molecule has 1 aromatic heterocycles. The minimum Gasteiger partial charge on any atom is -0.382 e. The molecule has 164 valence electrons. The highest BCUT2D eigenvalue weighted by molar-refractivity contribution is 6.35. The maximum atomic E-state index is 13.5. The largest absolute Gasteiger partial charge is 0.382 e. The number of imide groups is 1. The molecule has 0 fully saturated rings. The van der Waals surface area contributed by atoms with Gasteiger partial charge in [-0.2, -0.15) is 0 Å². The summed E-state index contributed by atoms with van der Waals surface area (Å²) in [5.74, 6) is -1.04. The Kier molecular flexibility index (Phi) is 7.89. The minimum atomic E-state index is -0.388. The van der Waals surface area contributed by atoms with Gasteiger partial charge in [-0.05, 0) is 62.1 Å². The monoisotopic (exact) mass is 425 g/mol. The van der Waals surface area contributed by atoms with Crippen molar-refractivity contribution in [1.29, 1.82) is 0 Å². The number of carbonyl (C=O) groups excluding carboxylic acids is 2. The van der Waals surface area contributed by atoms with E-state index >= 15 is 0 Å². The minimum absolute atomic E-state index is 0.285. The molecule has 0 bridgehead atoms. The maximum Gasteiger partial charge on any atom is 0.277 e. The van der Waals surface area contributed by atoms with Gasteiger partial charge in [-0.25, -0.2) is 4.39 Å². The molecule has 0 spiro atoms. The molecule has 7 heteroatoms. The summed E-state index contributed by atoms with van der Waals surface area (Å²) in [4.78, 5) is 33.8. The van der Waals surface area contributed by atoms with Gasteiger partial charge in [0.05, 0.1) is 5.57 Å². The first kappa shape index (κ1) is 22.6. The number of aromatic nitrogens is 1. The number of likely N-dealkylation sites (N-methyl/N-ethyl adjacent to an activating group) is 1. The number of carbonyl (C=O) groups is 2. The van der Waals surface area contributed by atoms with Crippen molar-refractivity contribution in [3.63, 3.8) is 0 Å². The Morgan fingerprint density at radius 3 is 2.39 bits per heavy atom. The highest BCUT2D eigenvalue weighted by Gasteiger charge is 2.40. The van der Waals surface area contributed by atoms with Crippen molar-refractivity contribution in [3.8, 4) is 0 Å². The molecule has 0 unspecified atom stereocenters. The molecule has 31 heavy (non-hydrogen) atoms. The summed E-state index contributed by atoms with van der Waals surface area (Å²) in [7, 11) is 0. The molecule has 1 aromatic carbocycles. The topological polar surface area (TPSA) is 62.7 Å². The smallest absolute Gasteiger partial charge is 0.277 e. The van der Waals surface area contributed by atoms with Crippen molar-refractivity contribution in [1.82, 2.24) is 14.8 Å². The number of hydrogen-bond acceptors (Lipinski definition) is 5. The Morgan fingerprint density at radius 2 is 1.74 bits per heavy atom. The van der Waals surface area contributed by atoms with Crippen molar-refractivity contribution in [2.24, 2.45) is 0 Å². The fourth-order valence-electron chi connectivity index (χ4n) is 3.65. The van der Waals surface area contributed by atoms with Gasteiger partial charge in [0.15, 0.2) is 0 Å². The van der Waals surface area contributed by atoms with E-state index in [2.05, 4.69) is 4.98 Å². The normalized spacial score (nSPS) is 14.0. The third-order valence-corrected chi connectivity index (χ3v) is 5.27. The third-order valence-electron chi connectivity index (χ3n) is 5.27. The van der Waals surface area contributed by atoms with Crippen molar-refractivity contribution in [2.45, 2.75) is 26.7 Å². The van der Waals surface area contributed by atoms with Crippen LogP contribution in [0.2, 0.25) is 0 Å². The number of rotatable bonds is 11. The first-order valence-corrected chi connectivity index (χ1v) is 10.6. The van der Waals surface area contributed by atoms with Gasteiger partial charge in [0.1, 0.15) is 11.5 Å². The summed E-state index contributed by atoms with van der Waals surface area (Å²) >= 11 is 0. The summed E-state index contributed by atoms with van der Waals surface area (Å²) in [5.41, 5.74) is 2.36. The highest BCUT2D eigenvalue weighted by Crippen LogP contribution is 2.32. The second kappa shape index (κ2) is 10.8. The maximum absolute atomic E-state index is 13.5. The molecule has 0 aliphatic carbocycles. The Balaban J connectivity index is 1.90. The van der Waals surface area contributed by atoms with Gasteiger partial charge in [-0.1, -0.05) is 12.1 Å². The molecule has 2 heterocycles. The molecule has 2 aromatic rings. The van der Waals surface area contributed by atoms with E-state index in [4.69, 9.17) is 4.74 Å². The van der Waals surface area contributed by atoms with Crippen molar-refractivity contribution in [2.75, 3.05) is 32.8 Å². The van der Waals surface area contributed by atoms with Gasteiger partial charge < -0.3 is 9.64 Å². The van der Waals surface area contributed by atoms with Crippen LogP contribution in [0.5, 0.6) is 0 Å². The Morgan fingerprint density at radius 1 is 1.03 bits per heavy atom. The zero-order valence-electron chi connectivity index (χ0n) is 18.0. The van der Waals surface area contributed by atoms with Gasteiger partial charge in [0, 0.05) is 45.2 Å². The van der Waals surface area contributed by atoms with Gasteiger partial charge in [0.2, 0.25) is 0 Å². The fraction of sp³-hybridized carbons (Fsp3) is 0.375. The first-order chi connectivity index (χ1) is 15.1. The van der Waals surface area contributed by atoms with Crippen LogP contribution in [0.1, 0.15) is 31.4 Å². The van der Waals surface area contributed by atoms with E-state index in [0.29, 0.717) is 56.0 Å². The summed E-state index contributed by atoms with van der Waals surface area (Å²) in [5, 5.41) is 0. The predicted octanol–water partition coefficient (Wildman–Crippen LogP) is 3.29. The summed E-state index contributed by atoms with van der Waals surface area (Å²) < 4.78 is 18.8. The van der Waals surface area contributed by atoms with E-state index < -0.39 is 0 Å². The lowest BCUT2D eigenvalue weighted by Crippen LogP contribution is -2.36. The van der Waals surface area contributed by atoms with Gasteiger partial charge in [-0.15, -0.1) is 0 Å². The molecule has 1 aliphatic rings. The summed E-state index contributed by atoms with van der Waals surface area (Å²) in [6.07, 6.45) is 4.75. The lowest BCUT2D eigenvalue weighted by atomic mass is 10.0. The molecule has 3 rings (SSSR count). The van der Waals surface area contributed by atoms with Gasteiger partial charge in [-0.3, -0.25) is 19.5 Å². The van der Waals surface area contributed by atoms with E-state index in [0.717, 1.165) is 5.56 Å². The fourth-order valence-corrected chi connectivity index (χ4v) is 3.65. The van der Waals surface area contributed by atoms with E-state index in [1.807, 2.05) is 30.9 Å². The quantitative estimate of drug-likeness (QED) is 0.408. The molecule has 2 amide bonds. The zero-order valence-corrected chi connectivity index (χ0v) is 18.0. The molecule has 0 atom stereocenters. The van der Waals surface area contributed by atoms with Gasteiger partial charge in [0.25, 0.3) is 11.8 Å². The molecule has 0 N–H and O–H groups in total. The van der Waals surface area contributed by atoms with E-state index in [-0.39, 0.29) is 24.2 Å². The van der Waals surface area contributed by atoms with Crippen molar-refractivity contribution < 1.29 is 18.7 Å². The number of amides is 2. The van der Waals surface area contributed by atoms with Crippen molar-refractivity contribution >= 4 is 17.4 Å². The highest BCUT2D eigenvalue weighted by atomic mass is 19.1. The lowest BCUT2D eigenvalue weighted by molar-refractivity contribution is -0.137. The molecule has 1 aliphatic heterocycles. The summed E-state index contributed by atoms with van der Waals surface area (Å²) in [6, 6.07) is 9.59. The summed E-state index contributed by atoms with van der Waals surface area (Å²) in [6.45, 7) is 6.36. The van der Waals surface area contributed by atoms with Crippen molar-refractivity contribution in [3.05, 3.63) is 71.4 Å². The molecule has 0 saturated heterocycles. The molecular formula is C24H28FN3O3. The van der Waals surface area contributed by atoms with E-state index in [9.17, 15) is 14.0 Å². The average molecular weight is 426 g/mol. The van der Waals surface area contributed by atoms with E-state index in [1.165, 1.54) is 17.0 Å². The Hall–Kier alpha value is -3.06. The molecule has 0 radical (unpaired) electrons. The third kappa shape index (κ3) is 5.35. The Labute approximate surface area is 182 Å². The number of hydrogen-bond donors (Lipinski definition) is 0. The number of halogens is 1. The van der Waals surface area contributed by atoms with Crippen LogP contribution >= 0.6 is 0 Å². The van der Waals surface area contributed by atoms with Crippen LogP contribution in [0.15, 0.2) is 54.5 Å². The van der Waals surface area contributed by atoms with Crippen LogP contribution in [0.3, 0.4) is 0 Å². The first-order valence-electron chi connectivity index (χ1n) is 10.6. The predicted molar refractivity (Wildman–Crippen MR) is 116 cm³/mol. The SMILES string of the molecule is CCOCCCN1C(=O)C(c2ccc(F)cc2)=C(N(CC)CCc2ccncc2)C1=O. The van der Waals surface area contributed by atoms with Gasteiger partial charge >= 0.3 is 0 Å². The molecule has 6 nitrogen and oxygen atoms in total. The lowest BCUT2D eigenvalue weighted by Gasteiger charge is -2.25. The number of pyridine rings is 1. The number of ether oxygens (including phenoxy) is 1. The zero-order chi connectivity index (χ0) is 22.2. The molecule has 0 saturated carbocycles.